The number of amides is 1. The maximum atomic E-state index is 13.9. The molecule has 2 aromatic heterocycles. The van der Waals surface area contributed by atoms with E-state index in [-0.39, 0.29) is 11.9 Å². The van der Waals surface area contributed by atoms with E-state index in [9.17, 15) is 4.79 Å². The van der Waals surface area contributed by atoms with Crippen LogP contribution >= 0.6 is 15.9 Å². The summed E-state index contributed by atoms with van der Waals surface area (Å²) in [5.74, 6) is 1.26. The molecule has 0 radical (unpaired) electrons. The lowest BCUT2D eigenvalue weighted by atomic mass is 9.87. The van der Waals surface area contributed by atoms with E-state index < -0.39 is 0 Å². The standard InChI is InChI=1S/C26H27BrN6O/c1-17-5-8-24(33-29-11-12-30-33)21(14-17)26(34)32-13-3-4-18(2)23(32)9-10-25-28-16-19-6-7-20(27)15-22(19)31-25/h5-8,11-12,14-16,18,23H,3-4,9-10,13H2,1-2H3/t18-,23-/m1/s1. The second-order valence-corrected chi connectivity index (χ2v) is 9.97. The normalized spacial score (nSPS) is 18.4. The van der Waals surface area contributed by atoms with E-state index in [0.717, 1.165) is 59.0 Å². The predicted molar refractivity (Wildman–Crippen MR) is 135 cm³/mol. The molecule has 2 atom stereocenters. The zero-order chi connectivity index (χ0) is 23.7. The summed E-state index contributed by atoms with van der Waals surface area (Å²) in [5, 5.41) is 9.54. The number of nitrogens with zero attached hydrogens (tertiary/aromatic N) is 6. The first kappa shape index (κ1) is 22.7. The Kier molecular flexibility index (Phi) is 6.41. The van der Waals surface area contributed by atoms with Crippen LogP contribution in [0.15, 0.2) is 59.5 Å². The van der Waals surface area contributed by atoms with Crippen LogP contribution in [-0.2, 0) is 6.42 Å². The zero-order valence-electron chi connectivity index (χ0n) is 19.4. The van der Waals surface area contributed by atoms with Crippen molar-refractivity contribution >= 4 is 32.7 Å². The maximum absolute atomic E-state index is 13.9. The van der Waals surface area contributed by atoms with Crippen molar-refractivity contribution in [3.05, 3.63) is 76.4 Å². The first-order valence-electron chi connectivity index (χ1n) is 11.7. The number of hydrogen-bond donors (Lipinski definition) is 0. The van der Waals surface area contributed by atoms with Gasteiger partial charge in [-0.25, -0.2) is 9.97 Å². The molecule has 5 rings (SSSR count). The zero-order valence-corrected chi connectivity index (χ0v) is 20.9. The molecule has 0 aliphatic carbocycles. The SMILES string of the molecule is Cc1ccc(-n2nccn2)c(C(=O)N2CCC[C@@H](C)[C@H]2CCc2ncc3ccc(Br)cc3n2)c1. The van der Waals surface area contributed by atoms with Gasteiger partial charge in [-0.15, -0.1) is 0 Å². The highest BCUT2D eigenvalue weighted by Crippen LogP contribution is 2.30. The van der Waals surface area contributed by atoms with Gasteiger partial charge in [-0.3, -0.25) is 4.79 Å². The second kappa shape index (κ2) is 9.62. The molecule has 0 bridgehead atoms. The highest BCUT2D eigenvalue weighted by atomic mass is 79.9. The summed E-state index contributed by atoms with van der Waals surface area (Å²) >= 11 is 3.52. The van der Waals surface area contributed by atoms with Crippen molar-refractivity contribution in [3.63, 3.8) is 0 Å². The third-order valence-corrected chi connectivity index (χ3v) is 7.14. The van der Waals surface area contributed by atoms with Crippen LogP contribution in [0.5, 0.6) is 0 Å². The minimum atomic E-state index is 0.0379. The lowest BCUT2D eigenvalue weighted by Crippen LogP contribution is -2.48. The smallest absolute Gasteiger partial charge is 0.256 e. The molecule has 2 aromatic carbocycles. The minimum Gasteiger partial charge on any atom is -0.335 e. The Balaban J connectivity index is 1.40. The van der Waals surface area contributed by atoms with Gasteiger partial charge in [0.15, 0.2) is 0 Å². The molecule has 1 aliphatic rings. The van der Waals surface area contributed by atoms with Crippen molar-refractivity contribution in [1.82, 2.24) is 29.9 Å². The Morgan fingerprint density at radius 2 is 1.97 bits per heavy atom. The number of hydrogen-bond acceptors (Lipinski definition) is 5. The first-order chi connectivity index (χ1) is 16.5. The van der Waals surface area contributed by atoms with Gasteiger partial charge in [-0.1, -0.05) is 40.5 Å². The second-order valence-electron chi connectivity index (χ2n) is 9.05. The van der Waals surface area contributed by atoms with Gasteiger partial charge in [0.05, 0.1) is 29.2 Å². The summed E-state index contributed by atoms with van der Waals surface area (Å²) in [7, 11) is 0. The Morgan fingerprint density at radius 3 is 2.79 bits per heavy atom. The highest BCUT2D eigenvalue weighted by molar-refractivity contribution is 9.10. The highest BCUT2D eigenvalue weighted by Gasteiger charge is 2.33. The van der Waals surface area contributed by atoms with Gasteiger partial charge in [0.1, 0.15) is 5.82 Å². The van der Waals surface area contributed by atoms with Gasteiger partial charge in [0.2, 0.25) is 0 Å². The minimum absolute atomic E-state index is 0.0379. The number of carbonyl (C=O) groups excluding carboxylic acids is 1. The van der Waals surface area contributed by atoms with E-state index in [1.54, 1.807) is 12.4 Å². The van der Waals surface area contributed by atoms with Gasteiger partial charge >= 0.3 is 0 Å². The number of rotatable bonds is 5. The molecular formula is C26H27BrN6O. The Labute approximate surface area is 207 Å². The van der Waals surface area contributed by atoms with E-state index in [4.69, 9.17) is 4.98 Å². The molecule has 1 saturated heterocycles. The van der Waals surface area contributed by atoms with Crippen LogP contribution in [0.1, 0.15) is 47.9 Å². The molecule has 1 fully saturated rings. The number of halogens is 1. The quantitative estimate of drug-likeness (QED) is 0.364. The first-order valence-corrected chi connectivity index (χ1v) is 12.5. The summed E-state index contributed by atoms with van der Waals surface area (Å²) in [6.07, 6.45) is 8.81. The number of fused-ring (bicyclic) bond motifs is 1. The molecule has 0 unspecified atom stereocenters. The van der Waals surface area contributed by atoms with Crippen molar-refractivity contribution in [2.75, 3.05) is 6.54 Å². The van der Waals surface area contributed by atoms with E-state index in [2.05, 4.69) is 38.0 Å². The van der Waals surface area contributed by atoms with Gasteiger partial charge in [0.25, 0.3) is 5.91 Å². The average Bonchev–Trinajstić information content (AvgIpc) is 3.37. The lowest BCUT2D eigenvalue weighted by Gasteiger charge is -2.40. The third-order valence-electron chi connectivity index (χ3n) is 6.65. The Hall–Kier alpha value is -3.13. The van der Waals surface area contributed by atoms with Crippen LogP contribution in [0.3, 0.4) is 0 Å². The van der Waals surface area contributed by atoms with Crippen molar-refractivity contribution in [2.45, 2.75) is 45.6 Å². The molecule has 4 aromatic rings. The molecular weight excluding hydrogens is 492 g/mol. The van der Waals surface area contributed by atoms with E-state index >= 15 is 0 Å². The van der Waals surface area contributed by atoms with Crippen LogP contribution in [0.25, 0.3) is 16.6 Å². The van der Waals surface area contributed by atoms with Crippen LogP contribution in [0.2, 0.25) is 0 Å². The van der Waals surface area contributed by atoms with Crippen LogP contribution in [0, 0.1) is 12.8 Å². The molecule has 0 saturated carbocycles. The molecule has 7 nitrogen and oxygen atoms in total. The number of carbonyl (C=O) groups is 1. The lowest BCUT2D eigenvalue weighted by molar-refractivity contribution is 0.0498. The summed E-state index contributed by atoms with van der Waals surface area (Å²) in [6, 6.07) is 12.0. The Morgan fingerprint density at radius 1 is 1.15 bits per heavy atom. The molecule has 0 spiro atoms. The molecule has 1 aliphatic heterocycles. The number of piperidine rings is 1. The monoisotopic (exact) mass is 518 g/mol. The van der Waals surface area contributed by atoms with E-state index in [1.165, 1.54) is 4.80 Å². The maximum Gasteiger partial charge on any atom is 0.256 e. The molecule has 174 valence electrons. The summed E-state index contributed by atoms with van der Waals surface area (Å²) in [4.78, 5) is 26.8. The van der Waals surface area contributed by atoms with Crippen LogP contribution < -0.4 is 0 Å². The van der Waals surface area contributed by atoms with Crippen LogP contribution in [-0.4, -0.2) is 48.4 Å². The van der Waals surface area contributed by atoms with Gasteiger partial charge in [-0.05, 0) is 56.4 Å². The van der Waals surface area contributed by atoms with Crippen molar-refractivity contribution in [2.24, 2.45) is 5.92 Å². The van der Waals surface area contributed by atoms with Gasteiger partial charge in [-0.2, -0.15) is 15.0 Å². The van der Waals surface area contributed by atoms with Crippen molar-refractivity contribution in [1.29, 1.82) is 0 Å². The summed E-state index contributed by atoms with van der Waals surface area (Å²) < 4.78 is 1.00. The van der Waals surface area contributed by atoms with E-state index in [1.807, 2.05) is 54.4 Å². The summed E-state index contributed by atoms with van der Waals surface area (Å²) in [6.45, 7) is 5.00. The number of likely N-dealkylation sites (tertiary alicyclic amines) is 1. The molecule has 3 heterocycles. The van der Waals surface area contributed by atoms with Gasteiger partial charge in [0, 0.05) is 35.1 Å². The summed E-state index contributed by atoms with van der Waals surface area (Å²) in [5.41, 5.74) is 3.32. The molecule has 0 N–H and O–H groups in total. The predicted octanol–water partition coefficient (Wildman–Crippen LogP) is 5.15. The fraction of sp³-hybridized carbons (Fsp3) is 0.346. The number of aromatic nitrogens is 5. The fourth-order valence-electron chi connectivity index (χ4n) is 4.86. The fourth-order valence-corrected chi connectivity index (χ4v) is 5.21. The van der Waals surface area contributed by atoms with Crippen LogP contribution in [0.4, 0.5) is 0 Å². The van der Waals surface area contributed by atoms with Gasteiger partial charge < -0.3 is 4.90 Å². The Bertz CT molecular complexity index is 1320. The third kappa shape index (κ3) is 4.59. The van der Waals surface area contributed by atoms with Crippen molar-refractivity contribution < 1.29 is 4.79 Å². The topological polar surface area (TPSA) is 76.8 Å². The van der Waals surface area contributed by atoms with E-state index in [0.29, 0.717) is 17.2 Å². The average molecular weight is 519 g/mol. The largest absolute Gasteiger partial charge is 0.335 e. The van der Waals surface area contributed by atoms with Crippen molar-refractivity contribution in [3.8, 4) is 5.69 Å². The molecule has 34 heavy (non-hydrogen) atoms. The number of benzene rings is 2. The number of aryl methyl sites for hydroxylation is 2. The molecule has 8 heteroatoms. The molecule has 1 amide bonds.